The van der Waals surface area contributed by atoms with Gasteiger partial charge in [-0.3, -0.25) is 10.1 Å². The lowest BCUT2D eigenvalue weighted by atomic mass is 10.0. The Balaban J connectivity index is 2.43. The quantitative estimate of drug-likeness (QED) is 0.427. The van der Waals surface area contributed by atoms with Crippen LogP contribution in [0.2, 0.25) is 0 Å². The summed E-state index contributed by atoms with van der Waals surface area (Å²) in [6, 6.07) is 6.66. The summed E-state index contributed by atoms with van der Waals surface area (Å²) in [5.41, 5.74) is 12.5. The monoisotopic (exact) mass is 237 g/mol. The van der Waals surface area contributed by atoms with Crippen molar-refractivity contribution in [2.45, 2.75) is 31.7 Å². The van der Waals surface area contributed by atoms with Crippen LogP contribution >= 0.6 is 0 Å². The molecule has 4 N–H and O–H groups in total. The number of hydrogen-bond acceptors (Lipinski definition) is 4. The first-order valence-electron chi connectivity index (χ1n) is 5.82. The van der Waals surface area contributed by atoms with Gasteiger partial charge in [-0.25, -0.2) is 0 Å². The predicted octanol–water partition coefficient (Wildman–Crippen LogP) is 1.59. The summed E-state index contributed by atoms with van der Waals surface area (Å²) < 4.78 is 0. The molecule has 0 aromatic heterocycles. The third kappa shape index (κ3) is 4.93. The SMILES string of the molecule is NCCCC[C@@H](N)Cc1ccc([N+](=O)[O-])cc1. The number of non-ortho nitro benzene ring substituents is 1. The maximum atomic E-state index is 10.5. The minimum Gasteiger partial charge on any atom is -0.330 e. The second kappa shape index (κ2) is 6.98. The lowest BCUT2D eigenvalue weighted by Gasteiger charge is -2.10. The van der Waals surface area contributed by atoms with E-state index in [1.165, 1.54) is 12.1 Å². The first kappa shape index (κ1) is 13.6. The van der Waals surface area contributed by atoms with E-state index in [1.807, 2.05) is 0 Å². The molecule has 94 valence electrons. The van der Waals surface area contributed by atoms with Crippen LogP contribution in [0.1, 0.15) is 24.8 Å². The molecule has 0 radical (unpaired) electrons. The molecule has 0 unspecified atom stereocenters. The summed E-state index contributed by atoms with van der Waals surface area (Å²) in [4.78, 5) is 10.1. The van der Waals surface area contributed by atoms with Gasteiger partial charge in [0, 0.05) is 18.2 Å². The average molecular weight is 237 g/mol. The van der Waals surface area contributed by atoms with Crippen molar-refractivity contribution in [2.24, 2.45) is 11.5 Å². The van der Waals surface area contributed by atoms with Crippen LogP contribution in [-0.2, 0) is 6.42 Å². The fourth-order valence-corrected chi connectivity index (χ4v) is 1.71. The number of nitrogens with two attached hydrogens (primary N) is 2. The number of unbranched alkanes of at least 4 members (excludes halogenated alkanes) is 1. The highest BCUT2D eigenvalue weighted by atomic mass is 16.6. The zero-order chi connectivity index (χ0) is 12.7. The Kier molecular flexibility index (Phi) is 5.59. The smallest absolute Gasteiger partial charge is 0.269 e. The van der Waals surface area contributed by atoms with Crippen LogP contribution in [0.5, 0.6) is 0 Å². The van der Waals surface area contributed by atoms with Crippen LogP contribution in [0.3, 0.4) is 0 Å². The molecule has 0 fully saturated rings. The summed E-state index contributed by atoms with van der Waals surface area (Å²) in [5, 5.41) is 10.5. The van der Waals surface area contributed by atoms with Crippen LogP contribution in [-0.4, -0.2) is 17.5 Å². The summed E-state index contributed by atoms with van der Waals surface area (Å²) >= 11 is 0. The average Bonchev–Trinajstić information content (AvgIpc) is 2.30. The molecule has 0 aliphatic carbocycles. The highest BCUT2D eigenvalue weighted by molar-refractivity contribution is 5.33. The van der Waals surface area contributed by atoms with Crippen molar-refractivity contribution in [2.75, 3.05) is 6.54 Å². The molecule has 1 rings (SSSR count). The van der Waals surface area contributed by atoms with Gasteiger partial charge in [0.1, 0.15) is 0 Å². The molecular formula is C12H19N3O2. The Morgan fingerprint density at radius 2 is 1.88 bits per heavy atom. The van der Waals surface area contributed by atoms with Crippen molar-refractivity contribution in [3.63, 3.8) is 0 Å². The molecule has 0 heterocycles. The van der Waals surface area contributed by atoms with E-state index in [1.54, 1.807) is 12.1 Å². The maximum absolute atomic E-state index is 10.5. The molecule has 5 nitrogen and oxygen atoms in total. The van der Waals surface area contributed by atoms with Crippen LogP contribution in [0.4, 0.5) is 5.69 Å². The summed E-state index contributed by atoms with van der Waals surface area (Å²) in [6.07, 6.45) is 3.72. The molecule has 0 bridgehead atoms. The fourth-order valence-electron chi connectivity index (χ4n) is 1.71. The van der Waals surface area contributed by atoms with Crippen LogP contribution in [0.25, 0.3) is 0 Å². The molecule has 0 aliphatic heterocycles. The standard InChI is InChI=1S/C12H19N3O2/c13-8-2-1-3-11(14)9-10-4-6-12(7-5-10)15(16)17/h4-7,11H,1-3,8-9,13-14H2/t11-/m1/s1. The van der Waals surface area contributed by atoms with Gasteiger partial charge >= 0.3 is 0 Å². The summed E-state index contributed by atoms with van der Waals surface area (Å²) in [7, 11) is 0. The van der Waals surface area contributed by atoms with Crippen molar-refractivity contribution in [3.8, 4) is 0 Å². The van der Waals surface area contributed by atoms with E-state index in [4.69, 9.17) is 11.5 Å². The van der Waals surface area contributed by atoms with E-state index in [0.717, 1.165) is 31.2 Å². The van der Waals surface area contributed by atoms with Crippen molar-refractivity contribution in [1.29, 1.82) is 0 Å². The third-order valence-corrected chi connectivity index (χ3v) is 2.67. The van der Waals surface area contributed by atoms with Gasteiger partial charge in [-0.2, -0.15) is 0 Å². The van der Waals surface area contributed by atoms with Crippen molar-refractivity contribution >= 4 is 5.69 Å². The van der Waals surface area contributed by atoms with Gasteiger partial charge in [0.15, 0.2) is 0 Å². The number of hydrogen-bond donors (Lipinski definition) is 2. The van der Waals surface area contributed by atoms with E-state index in [9.17, 15) is 10.1 Å². The zero-order valence-electron chi connectivity index (χ0n) is 9.84. The molecule has 0 amide bonds. The van der Waals surface area contributed by atoms with E-state index in [-0.39, 0.29) is 11.7 Å². The highest BCUT2D eigenvalue weighted by Crippen LogP contribution is 2.14. The van der Waals surface area contributed by atoms with Crippen molar-refractivity contribution in [1.82, 2.24) is 0 Å². The fraction of sp³-hybridized carbons (Fsp3) is 0.500. The third-order valence-electron chi connectivity index (χ3n) is 2.67. The molecule has 17 heavy (non-hydrogen) atoms. The van der Waals surface area contributed by atoms with Crippen LogP contribution in [0.15, 0.2) is 24.3 Å². The number of rotatable bonds is 7. The Morgan fingerprint density at radius 3 is 2.41 bits per heavy atom. The largest absolute Gasteiger partial charge is 0.330 e. The van der Waals surface area contributed by atoms with Gasteiger partial charge in [-0.15, -0.1) is 0 Å². The van der Waals surface area contributed by atoms with E-state index < -0.39 is 4.92 Å². The molecule has 5 heteroatoms. The molecular weight excluding hydrogens is 218 g/mol. The number of nitro groups is 1. The number of nitrogens with zero attached hydrogens (tertiary/aromatic N) is 1. The van der Waals surface area contributed by atoms with Gasteiger partial charge < -0.3 is 11.5 Å². The second-order valence-electron chi connectivity index (χ2n) is 4.17. The molecule has 1 aromatic rings. The van der Waals surface area contributed by atoms with Crippen molar-refractivity contribution < 1.29 is 4.92 Å². The first-order valence-corrected chi connectivity index (χ1v) is 5.82. The Bertz CT molecular complexity index is 351. The minimum absolute atomic E-state index is 0.100. The number of nitro benzene ring substituents is 1. The van der Waals surface area contributed by atoms with Gasteiger partial charge in [0.25, 0.3) is 5.69 Å². The van der Waals surface area contributed by atoms with Gasteiger partial charge in [0.05, 0.1) is 4.92 Å². The zero-order valence-corrected chi connectivity index (χ0v) is 9.84. The molecule has 0 saturated heterocycles. The lowest BCUT2D eigenvalue weighted by Crippen LogP contribution is -2.22. The predicted molar refractivity (Wildman–Crippen MR) is 67.7 cm³/mol. The Labute approximate surface area is 101 Å². The van der Waals surface area contributed by atoms with E-state index in [0.29, 0.717) is 6.54 Å². The highest BCUT2D eigenvalue weighted by Gasteiger charge is 2.07. The topological polar surface area (TPSA) is 95.2 Å². The van der Waals surface area contributed by atoms with E-state index >= 15 is 0 Å². The summed E-state index contributed by atoms with van der Waals surface area (Å²) in [6.45, 7) is 0.699. The molecule has 1 aromatic carbocycles. The van der Waals surface area contributed by atoms with E-state index in [2.05, 4.69) is 0 Å². The Morgan fingerprint density at radius 1 is 1.24 bits per heavy atom. The van der Waals surface area contributed by atoms with Gasteiger partial charge in [-0.1, -0.05) is 18.6 Å². The van der Waals surface area contributed by atoms with Crippen molar-refractivity contribution in [3.05, 3.63) is 39.9 Å². The Hall–Kier alpha value is -1.46. The summed E-state index contributed by atoms with van der Waals surface area (Å²) in [5.74, 6) is 0. The first-order chi connectivity index (χ1) is 8.13. The van der Waals surface area contributed by atoms with Gasteiger partial charge in [-0.05, 0) is 31.4 Å². The van der Waals surface area contributed by atoms with Crippen LogP contribution < -0.4 is 11.5 Å². The molecule has 1 atom stereocenters. The molecule has 0 saturated carbocycles. The second-order valence-corrected chi connectivity index (χ2v) is 4.17. The number of benzene rings is 1. The lowest BCUT2D eigenvalue weighted by molar-refractivity contribution is -0.384. The molecule has 0 spiro atoms. The minimum atomic E-state index is -0.398. The van der Waals surface area contributed by atoms with Gasteiger partial charge in [0.2, 0.25) is 0 Å². The normalized spacial score (nSPS) is 12.4. The van der Waals surface area contributed by atoms with Crippen LogP contribution in [0, 0.1) is 10.1 Å². The molecule has 0 aliphatic rings. The maximum Gasteiger partial charge on any atom is 0.269 e.